The Morgan fingerprint density at radius 3 is 2.21 bits per heavy atom. The predicted molar refractivity (Wildman–Crippen MR) is 97.5 cm³/mol. The molecule has 158 valence electrons. The number of hydrogen-bond donors (Lipinski definition) is 0. The van der Waals surface area contributed by atoms with Crippen molar-refractivity contribution in [1.82, 2.24) is 0 Å². The molecule has 0 atom stereocenters. The van der Waals surface area contributed by atoms with Gasteiger partial charge in [-0.3, -0.25) is 9.10 Å². The molecule has 11 heteroatoms. The van der Waals surface area contributed by atoms with Crippen molar-refractivity contribution in [3.63, 3.8) is 0 Å². The van der Waals surface area contributed by atoms with Gasteiger partial charge in [0.1, 0.15) is 6.54 Å². The molecule has 0 aliphatic rings. The Labute approximate surface area is 165 Å². The lowest BCUT2D eigenvalue weighted by molar-refractivity contribution is -0.139. The highest BCUT2D eigenvalue weighted by Gasteiger charge is 2.33. The summed E-state index contributed by atoms with van der Waals surface area (Å²) in [6.07, 6.45) is -4.69. The first-order chi connectivity index (χ1) is 13.5. The highest BCUT2D eigenvalue weighted by atomic mass is 32.2. The largest absolute Gasteiger partial charge is 0.493 e. The van der Waals surface area contributed by atoms with E-state index >= 15 is 0 Å². The number of esters is 1. The summed E-state index contributed by atoms with van der Waals surface area (Å²) < 4.78 is 80.7. The van der Waals surface area contributed by atoms with Crippen LogP contribution in [0.15, 0.2) is 47.4 Å². The van der Waals surface area contributed by atoms with Gasteiger partial charge >= 0.3 is 12.1 Å². The number of carbonyl (C=O) groups is 1. The van der Waals surface area contributed by atoms with E-state index in [1.807, 2.05) is 0 Å². The van der Waals surface area contributed by atoms with Crippen LogP contribution in [0.2, 0.25) is 0 Å². The van der Waals surface area contributed by atoms with Gasteiger partial charge in [-0.2, -0.15) is 13.2 Å². The number of nitrogens with zero attached hydrogens (tertiary/aromatic N) is 1. The third-order valence-electron chi connectivity index (χ3n) is 3.90. The summed E-state index contributed by atoms with van der Waals surface area (Å²) in [5, 5.41) is 0. The summed E-state index contributed by atoms with van der Waals surface area (Å²) in [5.41, 5.74) is -1.41. The zero-order valence-corrected chi connectivity index (χ0v) is 16.5. The number of sulfonamides is 1. The number of benzene rings is 2. The van der Waals surface area contributed by atoms with Gasteiger partial charge in [0.2, 0.25) is 0 Å². The minimum Gasteiger partial charge on any atom is -0.493 e. The van der Waals surface area contributed by atoms with E-state index in [0.29, 0.717) is 10.4 Å². The first-order valence-electron chi connectivity index (χ1n) is 8.03. The van der Waals surface area contributed by atoms with Crippen LogP contribution in [-0.2, 0) is 25.7 Å². The molecular formula is C18H18F3NO6S. The molecule has 0 fully saturated rings. The number of anilines is 1. The molecule has 7 nitrogen and oxygen atoms in total. The van der Waals surface area contributed by atoms with Gasteiger partial charge in [0, 0.05) is 6.07 Å². The van der Waals surface area contributed by atoms with E-state index in [1.54, 1.807) is 0 Å². The van der Waals surface area contributed by atoms with E-state index in [-0.39, 0.29) is 22.1 Å². The Morgan fingerprint density at radius 2 is 1.66 bits per heavy atom. The van der Waals surface area contributed by atoms with E-state index in [9.17, 15) is 26.4 Å². The molecule has 0 aliphatic carbocycles. The molecule has 0 bridgehead atoms. The van der Waals surface area contributed by atoms with Gasteiger partial charge < -0.3 is 14.2 Å². The van der Waals surface area contributed by atoms with Crippen molar-refractivity contribution in [2.45, 2.75) is 11.1 Å². The predicted octanol–water partition coefficient (Wildman–Crippen LogP) is 3.09. The fourth-order valence-corrected chi connectivity index (χ4v) is 3.86. The maximum absolute atomic E-state index is 13.2. The lowest BCUT2D eigenvalue weighted by Gasteiger charge is -2.24. The number of hydrogen-bond acceptors (Lipinski definition) is 6. The van der Waals surface area contributed by atoms with Crippen molar-refractivity contribution in [2.75, 3.05) is 32.2 Å². The Bertz CT molecular complexity index is 991. The number of carbonyl (C=O) groups excluding carboxylic acids is 1. The van der Waals surface area contributed by atoms with Crippen molar-refractivity contribution in [2.24, 2.45) is 0 Å². The van der Waals surface area contributed by atoms with E-state index in [2.05, 4.69) is 4.74 Å². The Hall–Kier alpha value is -2.95. The minimum absolute atomic E-state index is 0.0932. The molecule has 0 aromatic heterocycles. The number of rotatable bonds is 7. The van der Waals surface area contributed by atoms with Gasteiger partial charge in [-0.25, -0.2) is 8.42 Å². The summed E-state index contributed by atoms with van der Waals surface area (Å²) in [4.78, 5) is 11.5. The molecule has 0 heterocycles. The van der Waals surface area contributed by atoms with Crippen LogP contribution in [0.1, 0.15) is 5.56 Å². The molecule has 0 aliphatic heterocycles. The van der Waals surface area contributed by atoms with Crippen LogP contribution < -0.4 is 13.8 Å². The van der Waals surface area contributed by atoms with Gasteiger partial charge in [0.05, 0.1) is 37.5 Å². The van der Waals surface area contributed by atoms with Gasteiger partial charge in [-0.15, -0.1) is 0 Å². The number of halogens is 3. The topological polar surface area (TPSA) is 82.1 Å². The first-order valence-corrected chi connectivity index (χ1v) is 9.47. The number of methoxy groups -OCH3 is 3. The first kappa shape index (κ1) is 22.3. The van der Waals surface area contributed by atoms with E-state index < -0.39 is 34.3 Å². The summed E-state index contributed by atoms with van der Waals surface area (Å²) in [6.45, 7) is -0.825. The third-order valence-corrected chi connectivity index (χ3v) is 5.67. The lowest BCUT2D eigenvalue weighted by atomic mass is 10.2. The van der Waals surface area contributed by atoms with Gasteiger partial charge in [-0.05, 0) is 30.3 Å². The highest BCUT2D eigenvalue weighted by Crippen LogP contribution is 2.35. The lowest BCUT2D eigenvalue weighted by Crippen LogP contribution is -2.36. The average Bonchev–Trinajstić information content (AvgIpc) is 2.70. The third kappa shape index (κ3) is 4.91. The Balaban J connectivity index is 2.62. The minimum atomic E-state index is -4.69. The average molecular weight is 433 g/mol. The van der Waals surface area contributed by atoms with Crippen molar-refractivity contribution in [1.29, 1.82) is 0 Å². The molecule has 0 saturated carbocycles. The van der Waals surface area contributed by atoms with Crippen molar-refractivity contribution in [3.05, 3.63) is 48.0 Å². The van der Waals surface area contributed by atoms with Crippen LogP contribution in [0.25, 0.3) is 0 Å². The van der Waals surface area contributed by atoms with Crippen LogP contribution >= 0.6 is 0 Å². The molecule has 0 unspecified atom stereocenters. The molecule has 0 saturated heterocycles. The van der Waals surface area contributed by atoms with Gasteiger partial charge in [-0.1, -0.05) is 6.07 Å². The second kappa shape index (κ2) is 8.60. The zero-order valence-electron chi connectivity index (χ0n) is 15.7. The van der Waals surface area contributed by atoms with Crippen LogP contribution in [0, 0.1) is 0 Å². The molecule has 2 aromatic carbocycles. The summed E-state index contributed by atoms with van der Waals surface area (Å²) in [6, 6.07) is 7.29. The standard InChI is InChI=1S/C18H18F3NO6S/c1-26-15-8-7-14(10-16(15)27-2)29(24,25)22(11-17(23)28-3)13-6-4-5-12(9-13)18(19,20)21/h4-10H,11H2,1-3H3. The molecule has 2 rings (SSSR count). The van der Waals surface area contributed by atoms with Crippen LogP contribution in [0.4, 0.5) is 18.9 Å². The quantitative estimate of drug-likeness (QED) is 0.625. The maximum Gasteiger partial charge on any atom is 0.416 e. The van der Waals surface area contributed by atoms with Gasteiger partial charge in [0.15, 0.2) is 11.5 Å². The van der Waals surface area contributed by atoms with Crippen molar-refractivity contribution in [3.8, 4) is 11.5 Å². The summed E-state index contributed by atoms with van der Waals surface area (Å²) >= 11 is 0. The maximum atomic E-state index is 13.2. The number of ether oxygens (including phenoxy) is 3. The normalized spacial score (nSPS) is 11.7. The van der Waals surface area contributed by atoms with Crippen LogP contribution in [-0.4, -0.2) is 42.3 Å². The SMILES string of the molecule is COC(=O)CN(c1cccc(C(F)(F)F)c1)S(=O)(=O)c1ccc(OC)c(OC)c1. The second-order valence-electron chi connectivity index (χ2n) is 5.65. The van der Waals surface area contributed by atoms with Crippen molar-refractivity contribution < 1.29 is 40.6 Å². The Kier molecular flexibility index (Phi) is 6.62. The Morgan fingerprint density at radius 1 is 1.00 bits per heavy atom. The van der Waals surface area contributed by atoms with Crippen LogP contribution in [0.5, 0.6) is 11.5 Å². The molecule has 0 N–H and O–H groups in total. The summed E-state index contributed by atoms with van der Waals surface area (Å²) in [5.74, 6) is -0.605. The van der Waals surface area contributed by atoms with Crippen molar-refractivity contribution >= 4 is 21.7 Å². The monoisotopic (exact) mass is 433 g/mol. The van der Waals surface area contributed by atoms with Gasteiger partial charge in [0.25, 0.3) is 10.0 Å². The highest BCUT2D eigenvalue weighted by molar-refractivity contribution is 7.92. The summed E-state index contributed by atoms with van der Waals surface area (Å²) in [7, 11) is -0.754. The molecule has 0 amide bonds. The molecule has 2 aromatic rings. The number of alkyl halides is 3. The fraction of sp³-hybridized carbons (Fsp3) is 0.278. The molecular weight excluding hydrogens is 415 g/mol. The van der Waals surface area contributed by atoms with E-state index in [0.717, 1.165) is 31.4 Å². The fourth-order valence-electron chi connectivity index (χ4n) is 2.44. The molecule has 29 heavy (non-hydrogen) atoms. The molecule has 0 radical (unpaired) electrons. The smallest absolute Gasteiger partial charge is 0.416 e. The second-order valence-corrected chi connectivity index (χ2v) is 7.52. The zero-order chi connectivity index (χ0) is 21.8. The molecule has 0 spiro atoms. The van der Waals surface area contributed by atoms with E-state index in [1.165, 1.54) is 26.4 Å². The van der Waals surface area contributed by atoms with Crippen LogP contribution in [0.3, 0.4) is 0 Å². The van der Waals surface area contributed by atoms with E-state index in [4.69, 9.17) is 9.47 Å².